The summed E-state index contributed by atoms with van der Waals surface area (Å²) in [7, 11) is 1.70. The van der Waals surface area contributed by atoms with Gasteiger partial charge in [0.15, 0.2) is 0 Å². The molecule has 0 aliphatic heterocycles. The fourth-order valence-corrected chi connectivity index (χ4v) is 3.00. The fraction of sp³-hybridized carbons (Fsp3) is 0.286. The van der Waals surface area contributed by atoms with Gasteiger partial charge in [-0.2, -0.15) is 0 Å². The molecule has 1 aromatic heterocycles. The van der Waals surface area contributed by atoms with Gasteiger partial charge in [-0.15, -0.1) is 11.3 Å². The molecule has 2 rings (SSSR count). The minimum atomic E-state index is 0.227. The van der Waals surface area contributed by atoms with Gasteiger partial charge in [0.05, 0.1) is 7.11 Å². The summed E-state index contributed by atoms with van der Waals surface area (Å²) < 4.78 is 5.41. The van der Waals surface area contributed by atoms with Gasteiger partial charge in [-0.05, 0) is 25.1 Å². The minimum Gasteiger partial charge on any atom is -0.496 e. The Balaban J connectivity index is 2.41. The van der Waals surface area contributed by atoms with E-state index in [1.807, 2.05) is 18.2 Å². The highest BCUT2D eigenvalue weighted by atomic mass is 32.1. The molecule has 2 N–H and O–H groups in total. The Labute approximate surface area is 106 Å². The number of ether oxygens (including phenoxy) is 1. The summed E-state index contributed by atoms with van der Waals surface area (Å²) >= 11 is 1.80. The molecule has 0 radical (unpaired) electrons. The van der Waals surface area contributed by atoms with Gasteiger partial charge < -0.3 is 10.5 Å². The topological polar surface area (TPSA) is 35.2 Å². The average Bonchev–Trinajstić information content (AvgIpc) is 2.77. The quantitative estimate of drug-likeness (QED) is 0.900. The molecule has 2 nitrogen and oxygen atoms in total. The average molecular weight is 247 g/mol. The summed E-state index contributed by atoms with van der Waals surface area (Å²) in [4.78, 5) is 2.61. The van der Waals surface area contributed by atoms with Crippen LogP contribution in [0.3, 0.4) is 0 Å². The van der Waals surface area contributed by atoms with Gasteiger partial charge in [0.25, 0.3) is 0 Å². The van der Waals surface area contributed by atoms with E-state index in [0.29, 0.717) is 6.54 Å². The van der Waals surface area contributed by atoms with Crippen LogP contribution in [0.25, 0.3) is 0 Å². The maximum absolute atomic E-state index is 5.92. The van der Waals surface area contributed by atoms with Crippen LogP contribution in [0, 0.1) is 6.92 Å². The van der Waals surface area contributed by atoms with Crippen LogP contribution in [-0.4, -0.2) is 13.7 Å². The maximum atomic E-state index is 5.92. The molecule has 1 aromatic carbocycles. The number of hydrogen-bond acceptors (Lipinski definition) is 3. The van der Waals surface area contributed by atoms with Crippen LogP contribution in [0.5, 0.6) is 5.75 Å². The summed E-state index contributed by atoms with van der Waals surface area (Å²) in [6.45, 7) is 2.71. The zero-order valence-corrected chi connectivity index (χ0v) is 11.0. The lowest BCUT2D eigenvalue weighted by atomic mass is 9.96. The second-order valence-electron chi connectivity index (χ2n) is 3.98. The van der Waals surface area contributed by atoms with Crippen LogP contribution in [0.1, 0.15) is 21.2 Å². The third-order valence-corrected chi connectivity index (χ3v) is 3.97. The summed E-state index contributed by atoms with van der Waals surface area (Å²) in [6.07, 6.45) is 0. The fourth-order valence-electron chi connectivity index (χ4n) is 1.99. The van der Waals surface area contributed by atoms with Gasteiger partial charge in [-0.1, -0.05) is 18.2 Å². The monoisotopic (exact) mass is 247 g/mol. The predicted octanol–water partition coefficient (Wildman–Crippen LogP) is 3.16. The van der Waals surface area contributed by atoms with Crippen molar-refractivity contribution >= 4 is 11.3 Å². The van der Waals surface area contributed by atoms with Crippen LogP contribution in [0.15, 0.2) is 36.4 Å². The van der Waals surface area contributed by atoms with Crippen LogP contribution < -0.4 is 10.5 Å². The van der Waals surface area contributed by atoms with Crippen molar-refractivity contribution in [1.82, 2.24) is 0 Å². The van der Waals surface area contributed by atoms with Crippen LogP contribution >= 0.6 is 11.3 Å². The lowest BCUT2D eigenvalue weighted by Gasteiger charge is -2.16. The number of para-hydroxylation sites is 1. The van der Waals surface area contributed by atoms with Crippen LogP contribution in [0.4, 0.5) is 0 Å². The number of aryl methyl sites for hydroxylation is 1. The predicted molar refractivity (Wildman–Crippen MR) is 72.9 cm³/mol. The Hall–Kier alpha value is -1.32. The normalized spacial score (nSPS) is 12.4. The molecule has 90 valence electrons. The van der Waals surface area contributed by atoms with Crippen LogP contribution in [0.2, 0.25) is 0 Å². The highest BCUT2D eigenvalue weighted by molar-refractivity contribution is 7.12. The molecule has 0 saturated carbocycles. The molecule has 0 saturated heterocycles. The van der Waals surface area contributed by atoms with E-state index in [4.69, 9.17) is 10.5 Å². The number of hydrogen-bond donors (Lipinski definition) is 1. The zero-order chi connectivity index (χ0) is 12.3. The summed E-state index contributed by atoms with van der Waals surface area (Å²) in [5.41, 5.74) is 7.09. The van der Waals surface area contributed by atoms with Crippen LogP contribution in [-0.2, 0) is 0 Å². The molecule has 0 fully saturated rings. The van der Waals surface area contributed by atoms with E-state index in [1.165, 1.54) is 15.3 Å². The molecular weight excluding hydrogens is 230 g/mol. The third kappa shape index (κ3) is 2.51. The Morgan fingerprint density at radius 1 is 1.24 bits per heavy atom. The van der Waals surface area contributed by atoms with Gasteiger partial charge in [0, 0.05) is 27.8 Å². The lowest BCUT2D eigenvalue weighted by molar-refractivity contribution is 0.408. The van der Waals surface area contributed by atoms with E-state index >= 15 is 0 Å². The van der Waals surface area contributed by atoms with Crippen molar-refractivity contribution in [2.45, 2.75) is 12.8 Å². The molecule has 1 atom stereocenters. The molecule has 0 spiro atoms. The highest BCUT2D eigenvalue weighted by Crippen LogP contribution is 2.34. The van der Waals surface area contributed by atoms with Gasteiger partial charge >= 0.3 is 0 Å². The zero-order valence-electron chi connectivity index (χ0n) is 10.1. The molecule has 0 aliphatic rings. The Kier molecular flexibility index (Phi) is 3.82. The molecule has 0 bridgehead atoms. The highest BCUT2D eigenvalue weighted by Gasteiger charge is 2.17. The molecule has 2 aromatic rings. The molecule has 1 unspecified atom stereocenters. The first-order chi connectivity index (χ1) is 8.26. The van der Waals surface area contributed by atoms with E-state index in [-0.39, 0.29) is 5.92 Å². The Morgan fingerprint density at radius 2 is 2.00 bits per heavy atom. The summed E-state index contributed by atoms with van der Waals surface area (Å²) in [6, 6.07) is 12.4. The summed E-state index contributed by atoms with van der Waals surface area (Å²) in [5.74, 6) is 1.14. The van der Waals surface area contributed by atoms with E-state index in [0.717, 1.165) is 5.75 Å². The number of methoxy groups -OCH3 is 1. The number of thiophene rings is 1. The second-order valence-corrected chi connectivity index (χ2v) is 5.30. The standard InChI is InChI=1S/C14H17NOS/c1-10-7-8-14(17-10)12(9-15)11-5-3-4-6-13(11)16-2/h3-8,12H,9,15H2,1-2H3. The molecule has 17 heavy (non-hydrogen) atoms. The number of rotatable bonds is 4. The van der Waals surface area contributed by atoms with Crippen molar-refractivity contribution in [3.05, 3.63) is 51.7 Å². The summed E-state index contributed by atoms with van der Waals surface area (Å²) in [5, 5.41) is 0. The lowest BCUT2D eigenvalue weighted by Crippen LogP contribution is -2.13. The Morgan fingerprint density at radius 3 is 2.59 bits per heavy atom. The first kappa shape index (κ1) is 12.1. The van der Waals surface area contributed by atoms with Crippen molar-refractivity contribution in [2.24, 2.45) is 5.73 Å². The molecule has 1 heterocycles. The van der Waals surface area contributed by atoms with Crippen molar-refractivity contribution in [3.63, 3.8) is 0 Å². The van der Waals surface area contributed by atoms with Crippen molar-refractivity contribution < 1.29 is 4.74 Å². The number of nitrogens with two attached hydrogens (primary N) is 1. The first-order valence-electron chi connectivity index (χ1n) is 5.65. The van der Waals surface area contributed by atoms with Crippen molar-refractivity contribution in [1.29, 1.82) is 0 Å². The molecule has 0 amide bonds. The van der Waals surface area contributed by atoms with Crippen molar-refractivity contribution in [2.75, 3.05) is 13.7 Å². The smallest absolute Gasteiger partial charge is 0.122 e. The maximum Gasteiger partial charge on any atom is 0.122 e. The van der Waals surface area contributed by atoms with Gasteiger partial charge in [0.2, 0.25) is 0 Å². The third-order valence-electron chi connectivity index (χ3n) is 2.85. The minimum absolute atomic E-state index is 0.227. The molecule has 3 heteroatoms. The number of benzene rings is 1. The largest absolute Gasteiger partial charge is 0.496 e. The Bertz CT molecular complexity index is 492. The van der Waals surface area contributed by atoms with Gasteiger partial charge in [-0.3, -0.25) is 0 Å². The van der Waals surface area contributed by atoms with Crippen molar-refractivity contribution in [3.8, 4) is 5.75 Å². The molecule has 0 aliphatic carbocycles. The van der Waals surface area contributed by atoms with E-state index in [2.05, 4.69) is 25.1 Å². The molecular formula is C14H17NOS. The SMILES string of the molecule is COc1ccccc1C(CN)c1ccc(C)s1. The first-order valence-corrected chi connectivity index (χ1v) is 6.47. The van der Waals surface area contributed by atoms with E-state index < -0.39 is 0 Å². The van der Waals surface area contributed by atoms with E-state index in [9.17, 15) is 0 Å². The van der Waals surface area contributed by atoms with Gasteiger partial charge in [0.1, 0.15) is 5.75 Å². The van der Waals surface area contributed by atoms with Gasteiger partial charge in [-0.25, -0.2) is 0 Å². The van der Waals surface area contributed by atoms with E-state index in [1.54, 1.807) is 18.4 Å². The second kappa shape index (κ2) is 5.34.